The van der Waals surface area contributed by atoms with Crippen molar-refractivity contribution in [1.82, 2.24) is 5.32 Å². The van der Waals surface area contributed by atoms with Crippen molar-refractivity contribution < 1.29 is 9.18 Å². The minimum atomic E-state index is -0.149. The zero-order valence-corrected chi connectivity index (χ0v) is 15.8. The molecule has 2 aromatic carbocycles. The Hall–Kier alpha value is -2.16. The molecule has 3 heteroatoms. The molecular weight excluding hydrogens is 337 g/mol. The predicted octanol–water partition coefficient (Wildman–Crippen LogP) is 5.16. The van der Waals surface area contributed by atoms with E-state index in [-0.39, 0.29) is 11.4 Å². The SMILES string of the molecule is O=CNC1(C2CCc3cc(F)ccc3C2Cc2ccccc2)CCCCC1. The van der Waals surface area contributed by atoms with Gasteiger partial charge in [-0.3, -0.25) is 4.79 Å². The van der Waals surface area contributed by atoms with Crippen molar-refractivity contribution in [1.29, 1.82) is 0 Å². The van der Waals surface area contributed by atoms with Crippen molar-refractivity contribution in [2.75, 3.05) is 0 Å². The van der Waals surface area contributed by atoms with Crippen molar-refractivity contribution in [2.24, 2.45) is 5.92 Å². The number of fused-ring (bicyclic) bond motifs is 1. The lowest BCUT2D eigenvalue weighted by molar-refractivity contribution is -0.112. The molecule has 0 bridgehead atoms. The zero-order valence-electron chi connectivity index (χ0n) is 15.8. The maximum Gasteiger partial charge on any atom is 0.207 e. The number of hydrogen-bond donors (Lipinski definition) is 1. The topological polar surface area (TPSA) is 29.1 Å². The van der Waals surface area contributed by atoms with Crippen LogP contribution in [0.2, 0.25) is 0 Å². The highest BCUT2D eigenvalue weighted by Crippen LogP contribution is 2.48. The Balaban J connectivity index is 1.74. The first kappa shape index (κ1) is 18.2. The van der Waals surface area contributed by atoms with Crippen molar-refractivity contribution in [2.45, 2.75) is 62.8 Å². The smallest absolute Gasteiger partial charge is 0.207 e. The highest BCUT2D eigenvalue weighted by Gasteiger charge is 2.45. The molecule has 2 nitrogen and oxygen atoms in total. The molecule has 2 unspecified atom stereocenters. The molecule has 2 aromatic rings. The number of benzene rings is 2. The van der Waals surface area contributed by atoms with Crippen LogP contribution >= 0.6 is 0 Å². The van der Waals surface area contributed by atoms with E-state index in [1.54, 1.807) is 12.1 Å². The van der Waals surface area contributed by atoms with Gasteiger partial charge in [-0.1, -0.05) is 55.7 Å². The third kappa shape index (κ3) is 3.65. The molecule has 1 N–H and O–H groups in total. The Morgan fingerprint density at radius 1 is 1.07 bits per heavy atom. The van der Waals surface area contributed by atoms with Gasteiger partial charge >= 0.3 is 0 Å². The molecule has 2 atom stereocenters. The summed E-state index contributed by atoms with van der Waals surface area (Å²) in [5, 5.41) is 3.27. The van der Waals surface area contributed by atoms with Gasteiger partial charge in [0.25, 0.3) is 0 Å². The molecule has 1 fully saturated rings. The molecule has 1 amide bonds. The van der Waals surface area contributed by atoms with Crippen LogP contribution in [-0.4, -0.2) is 11.9 Å². The van der Waals surface area contributed by atoms with E-state index in [1.165, 1.54) is 30.4 Å². The van der Waals surface area contributed by atoms with Gasteiger partial charge in [0.05, 0.1) is 0 Å². The van der Waals surface area contributed by atoms with Gasteiger partial charge in [0.2, 0.25) is 6.41 Å². The number of carbonyl (C=O) groups is 1. The Kier molecular flexibility index (Phi) is 5.29. The maximum atomic E-state index is 13.8. The predicted molar refractivity (Wildman–Crippen MR) is 106 cm³/mol. The third-order valence-corrected chi connectivity index (χ3v) is 6.82. The largest absolute Gasteiger partial charge is 0.353 e. The Labute approximate surface area is 161 Å². The number of amides is 1. The van der Waals surface area contributed by atoms with Crippen LogP contribution in [0.1, 0.15) is 61.1 Å². The van der Waals surface area contributed by atoms with Crippen LogP contribution in [0, 0.1) is 11.7 Å². The van der Waals surface area contributed by atoms with Crippen LogP contribution in [0.15, 0.2) is 48.5 Å². The van der Waals surface area contributed by atoms with Gasteiger partial charge in [-0.15, -0.1) is 0 Å². The van der Waals surface area contributed by atoms with Crippen LogP contribution in [0.3, 0.4) is 0 Å². The van der Waals surface area contributed by atoms with Crippen molar-refractivity contribution in [3.05, 3.63) is 71.0 Å². The summed E-state index contributed by atoms with van der Waals surface area (Å²) in [6.45, 7) is 0. The summed E-state index contributed by atoms with van der Waals surface area (Å²) in [6, 6.07) is 15.9. The summed E-state index contributed by atoms with van der Waals surface area (Å²) < 4.78 is 13.8. The standard InChI is InChI=1S/C24H28FNO/c25-20-10-11-21-19(16-20)9-12-23(22(21)15-18-7-3-1-4-8-18)24(26-17-27)13-5-2-6-14-24/h1,3-4,7-8,10-11,16-17,22-23H,2,5-6,9,12-15H2,(H,26,27). The number of rotatable bonds is 5. The maximum absolute atomic E-state index is 13.8. The molecular formula is C24H28FNO. The second-order valence-corrected chi connectivity index (χ2v) is 8.26. The molecule has 1 saturated carbocycles. The Bertz CT molecular complexity index is 782. The van der Waals surface area contributed by atoms with Gasteiger partial charge in [0, 0.05) is 5.54 Å². The lowest BCUT2D eigenvalue weighted by Gasteiger charge is -2.49. The molecule has 142 valence electrons. The fourth-order valence-corrected chi connectivity index (χ4v) is 5.59. The van der Waals surface area contributed by atoms with Crippen LogP contribution in [0.25, 0.3) is 0 Å². The van der Waals surface area contributed by atoms with Gasteiger partial charge in [-0.25, -0.2) is 4.39 Å². The van der Waals surface area contributed by atoms with E-state index in [9.17, 15) is 9.18 Å². The van der Waals surface area contributed by atoms with Gasteiger partial charge in [-0.2, -0.15) is 0 Å². The molecule has 0 spiro atoms. The number of halogens is 1. The quantitative estimate of drug-likeness (QED) is 0.728. The number of aryl methyl sites for hydroxylation is 1. The number of hydrogen-bond acceptors (Lipinski definition) is 1. The molecule has 2 aliphatic rings. The average molecular weight is 365 g/mol. The van der Waals surface area contributed by atoms with Gasteiger partial charge < -0.3 is 5.32 Å². The Morgan fingerprint density at radius 3 is 2.59 bits per heavy atom. The molecule has 0 saturated heterocycles. The van der Waals surface area contributed by atoms with Crippen molar-refractivity contribution in [3.63, 3.8) is 0 Å². The van der Waals surface area contributed by atoms with Gasteiger partial charge in [-0.05, 0) is 72.8 Å². The Morgan fingerprint density at radius 2 is 1.85 bits per heavy atom. The van der Waals surface area contributed by atoms with Crippen LogP contribution in [0.5, 0.6) is 0 Å². The molecule has 0 heterocycles. The van der Waals surface area contributed by atoms with E-state index < -0.39 is 0 Å². The molecule has 0 aliphatic heterocycles. The average Bonchev–Trinajstić information content (AvgIpc) is 2.69. The molecule has 0 aromatic heterocycles. The lowest BCUT2D eigenvalue weighted by atomic mass is 9.60. The van der Waals surface area contributed by atoms with E-state index in [1.807, 2.05) is 12.1 Å². The summed E-state index contributed by atoms with van der Waals surface area (Å²) in [4.78, 5) is 11.5. The first-order valence-electron chi connectivity index (χ1n) is 10.3. The fraction of sp³-hybridized carbons (Fsp3) is 0.458. The first-order valence-corrected chi connectivity index (χ1v) is 10.3. The number of nitrogens with one attached hydrogen (secondary N) is 1. The van der Waals surface area contributed by atoms with E-state index in [0.717, 1.165) is 44.1 Å². The molecule has 0 radical (unpaired) electrons. The van der Waals surface area contributed by atoms with Crippen LogP contribution in [0.4, 0.5) is 4.39 Å². The highest BCUT2D eigenvalue weighted by atomic mass is 19.1. The summed E-state index contributed by atoms with van der Waals surface area (Å²) in [6.07, 6.45) is 9.45. The fourth-order valence-electron chi connectivity index (χ4n) is 5.59. The van der Waals surface area contributed by atoms with Gasteiger partial charge in [0.1, 0.15) is 5.82 Å². The second kappa shape index (κ2) is 7.84. The van der Waals surface area contributed by atoms with E-state index in [2.05, 4.69) is 29.6 Å². The number of carbonyl (C=O) groups excluding carboxylic acids is 1. The zero-order chi connectivity index (χ0) is 18.7. The van der Waals surface area contributed by atoms with E-state index in [0.29, 0.717) is 11.8 Å². The van der Waals surface area contributed by atoms with Crippen LogP contribution < -0.4 is 5.32 Å². The van der Waals surface area contributed by atoms with E-state index in [4.69, 9.17) is 0 Å². The van der Waals surface area contributed by atoms with Crippen molar-refractivity contribution in [3.8, 4) is 0 Å². The minimum Gasteiger partial charge on any atom is -0.353 e. The summed E-state index contributed by atoms with van der Waals surface area (Å²) in [5.41, 5.74) is 3.60. The summed E-state index contributed by atoms with van der Waals surface area (Å²) in [7, 11) is 0. The third-order valence-electron chi connectivity index (χ3n) is 6.82. The summed E-state index contributed by atoms with van der Waals surface area (Å²) >= 11 is 0. The normalized spacial score (nSPS) is 24.0. The summed E-state index contributed by atoms with van der Waals surface area (Å²) in [5.74, 6) is 0.549. The van der Waals surface area contributed by atoms with Crippen molar-refractivity contribution >= 4 is 6.41 Å². The highest BCUT2D eigenvalue weighted by molar-refractivity contribution is 5.49. The molecule has 27 heavy (non-hydrogen) atoms. The molecule has 2 aliphatic carbocycles. The van der Waals surface area contributed by atoms with E-state index >= 15 is 0 Å². The lowest BCUT2D eigenvalue weighted by Crippen LogP contribution is -2.55. The van der Waals surface area contributed by atoms with Crippen LogP contribution in [-0.2, 0) is 17.6 Å². The first-order chi connectivity index (χ1) is 13.2. The monoisotopic (exact) mass is 365 g/mol. The minimum absolute atomic E-state index is 0.120. The van der Waals surface area contributed by atoms with Gasteiger partial charge in [0.15, 0.2) is 0 Å². The second-order valence-electron chi connectivity index (χ2n) is 8.26. The molecule has 4 rings (SSSR count).